The van der Waals surface area contributed by atoms with Gasteiger partial charge in [-0.05, 0) is 31.2 Å². The molecule has 0 saturated heterocycles. The Balaban J connectivity index is 2.21. The van der Waals surface area contributed by atoms with Gasteiger partial charge in [-0.25, -0.2) is 0 Å². The fourth-order valence-electron chi connectivity index (χ4n) is 1.89. The van der Waals surface area contributed by atoms with Crippen LogP contribution in [0, 0.1) is 11.3 Å². The molecule has 0 spiro atoms. The number of benzene rings is 2. The fourth-order valence-corrected chi connectivity index (χ4v) is 2.27. The Morgan fingerprint density at radius 2 is 2.05 bits per heavy atom. The minimum atomic E-state index is -0.617. The number of nitriles is 1. The summed E-state index contributed by atoms with van der Waals surface area (Å²) < 4.78 is 6.64. The molecule has 4 heteroatoms. The van der Waals surface area contributed by atoms with Gasteiger partial charge in [-0.15, -0.1) is 0 Å². The summed E-state index contributed by atoms with van der Waals surface area (Å²) in [7, 11) is 0. The lowest BCUT2D eigenvalue weighted by Gasteiger charge is -2.14. The van der Waals surface area contributed by atoms with Crippen LogP contribution in [-0.4, -0.2) is 5.11 Å². The standard InChI is InChI=1S/C16H14BrNO2/c1-11(19)15-8-14(17)6-7-16(15)20-10-13-5-3-2-4-12(13)9-18/h2-8,11,19H,10H2,1H3. The molecular formula is C16H14BrNO2. The summed E-state index contributed by atoms with van der Waals surface area (Å²) in [6, 6.07) is 15.0. The molecular weight excluding hydrogens is 318 g/mol. The normalized spacial score (nSPS) is 11.7. The van der Waals surface area contributed by atoms with Crippen molar-refractivity contribution in [2.45, 2.75) is 19.6 Å². The molecule has 0 aliphatic heterocycles. The summed E-state index contributed by atoms with van der Waals surface area (Å²) >= 11 is 3.37. The first-order valence-corrected chi connectivity index (χ1v) is 6.99. The number of halogens is 1. The van der Waals surface area contributed by atoms with Crippen LogP contribution in [0.25, 0.3) is 0 Å². The van der Waals surface area contributed by atoms with Gasteiger partial charge < -0.3 is 9.84 Å². The number of hydrogen-bond acceptors (Lipinski definition) is 3. The molecule has 0 aromatic heterocycles. The molecule has 0 radical (unpaired) electrons. The predicted molar refractivity (Wildman–Crippen MR) is 80.3 cm³/mol. The average molecular weight is 332 g/mol. The molecule has 102 valence electrons. The highest BCUT2D eigenvalue weighted by atomic mass is 79.9. The third-order valence-electron chi connectivity index (χ3n) is 2.94. The van der Waals surface area contributed by atoms with Crippen molar-refractivity contribution in [2.24, 2.45) is 0 Å². The lowest BCUT2D eigenvalue weighted by Crippen LogP contribution is -2.02. The SMILES string of the molecule is CC(O)c1cc(Br)ccc1OCc1ccccc1C#N. The van der Waals surface area contributed by atoms with Crippen molar-refractivity contribution in [3.63, 3.8) is 0 Å². The predicted octanol–water partition coefficient (Wildman–Crippen LogP) is 3.95. The third-order valence-corrected chi connectivity index (χ3v) is 3.44. The van der Waals surface area contributed by atoms with Gasteiger partial charge in [0.2, 0.25) is 0 Å². The second-order valence-electron chi connectivity index (χ2n) is 4.42. The van der Waals surface area contributed by atoms with Crippen LogP contribution in [0.15, 0.2) is 46.9 Å². The monoisotopic (exact) mass is 331 g/mol. The number of aliphatic hydroxyl groups excluding tert-OH is 1. The van der Waals surface area contributed by atoms with Crippen molar-refractivity contribution in [3.05, 3.63) is 63.6 Å². The van der Waals surface area contributed by atoms with Crippen molar-refractivity contribution in [2.75, 3.05) is 0 Å². The molecule has 2 aromatic rings. The number of nitrogens with zero attached hydrogens (tertiary/aromatic N) is 1. The summed E-state index contributed by atoms with van der Waals surface area (Å²) in [5.41, 5.74) is 2.14. The van der Waals surface area contributed by atoms with Crippen molar-refractivity contribution in [3.8, 4) is 11.8 Å². The van der Waals surface area contributed by atoms with Crippen LogP contribution >= 0.6 is 15.9 Å². The number of aliphatic hydroxyl groups is 1. The third kappa shape index (κ3) is 3.38. The number of ether oxygens (including phenoxy) is 1. The Hall–Kier alpha value is -1.83. The molecule has 2 aromatic carbocycles. The summed E-state index contributed by atoms with van der Waals surface area (Å²) in [6.45, 7) is 1.99. The van der Waals surface area contributed by atoms with Crippen LogP contribution in [0.1, 0.15) is 29.7 Å². The van der Waals surface area contributed by atoms with Crippen LogP contribution < -0.4 is 4.74 Å². The van der Waals surface area contributed by atoms with E-state index in [0.717, 1.165) is 10.0 Å². The molecule has 0 heterocycles. The van der Waals surface area contributed by atoms with Crippen molar-refractivity contribution in [1.29, 1.82) is 5.26 Å². The maximum atomic E-state index is 9.77. The maximum Gasteiger partial charge on any atom is 0.125 e. The average Bonchev–Trinajstić information content (AvgIpc) is 2.46. The van der Waals surface area contributed by atoms with Gasteiger partial charge in [-0.1, -0.05) is 34.1 Å². The molecule has 0 aliphatic carbocycles. The molecule has 20 heavy (non-hydrogen) atoms. The Kier molecular flexibility index (Phi) is 4.78. The van der Waals surface area contributed by atoms with Gasteiger partial charge in [0.05, 0.1) is 17.7 Å². The van der Waals surface area contributed by atoms with Gasteiger partial charge in [0, 0.05) is 15.6 Å². The topological polar surface area (TPSA) is 53.2 Å². The molecule has 0 fully saturated rings. The summed E-state index contributed by atoms with van der Waals surface area (Å²) in [4.78, 5) is 0. The Morgan fingerprint density at radius 3 is 2.75 bits per heavy atom. The van der Waals surface area contributed by atoms with E-state index in [1.54, 1.807) is 19.1 Å². The first-order valence-electron chi connectivity index (χ1n) is 6.20. The van der Waals surface area contributed by atoms with Crippen LogP contribution in [0.2, 0.25) is 0 Å². The maximum absolute atomic E-state index is 9.77. The second kappa shape index (κ2) is 6.56. The minimum absolute atomic E-state index is 0.297. The van der Waals surface area contributed by atoms with E-state index in [0.29, 0.717) is 23.5 Å². The second-order valence-corrected chi connectivity index (χ2v) is 5.33. The zero-order valence-corrected chi connectivity index (χ0v) is 12.6. The largest absolute Gasteiger partial charge is 0.488 e. The molecule has 2 rings (SSSR count). The lowest BCUT2D eigenvalue weighted by atomic mass is 10.1. The van der Waals surface area contributed by atoms with E-state index in [4.69, 9.17) is 10.00 Å². The molecule has 3 nitrogen and oxygen atoms in total. The van der Waals surface area contributed by atoms with Gasteiger partial charge in [0.15, 0.2) is 0 Å². The Labute approximate surface area is 126 Å². The highest BCUT2D eigenvalue weighted by molar-refractivity contribution is 9.10. The Morgan fingerprint density at radius 1 is 1.30 bits per heavy atom. The number of rotatable bonds is 4. The quantitative estimate of drug-likeness (QED) is 0.922. The highest BCUT2D eigenvalue weighted by Gasteiger charge is 2.11. The van der Waals surface area contributed by atoms with Crippen LogP contribution in [0.3, 0.4) is 0 Å². The van der Waals surface area contributed by atoms with Crippen molar-refractivity contribution in [1.82, 2.24) is 0 Å². The number of hydrogen-bond donors (Lipinski definition) is 1. The molecule has 0 aliphatic rings. The smallest absolute Gasteiger partial charge is 0.125 e. The van der Waals surface area contributed by atoms with Gasteiger partial charge in [0.25, 0.3) is 0 Å². The summed E-state index contributed by atoms with van der Waals surface area (Å²) in [5.74, 6) is 0.621. The van der Waals surface area contributed by atoms with Crippen molar-refractivity contribution >= 4 is 15.9 Å². The van der Waals surface area contributed by atoms with E-state index in [9.17, 15) is 5.11 Å². The minimum Gasteiger partial charge on any atom is -0.488 e. The first-order chi connectivity index (χ1) is 9.61. The molecule has 1 unspecified atom stereocenters. The summed E-state index contributed by atoms with van der Waals surface area (Å²) in [6.07, 6.45) is -0.617. The van der Waals surface area contributed by atoms with E-state index in [1.165, 1.54) is 0 Å². The van der Waals surface area contributed by atoms with Crippen LogP contribution in [0.5, 0.6) is 5.75 Å². The molecule has 0 bridgehead atoms. The van der Waals surface area contributed by atoms with E-state index < -0.39 is 6.10 Å². The molecule has 0 saturated carbocycles. The fraction of sp³-hybridized carbons (Fsp3) is 0.188. The van der Waals surface area contributed by atoms with E-state index in [-0.39, 0.29) is 0 Å². The first kappa shape index (κ1) is 14.6. The summed E-state index contributed by atoms with van der Waals surface area (Å²) in [5, 5.41) is 18.8. The Bertz CT molecular complexity index is 647. The van der Waals surface area contributed by atoms with Gasteiger partial charge >= 0.3 is 0 Å². The zero-order valence-electron chi connectivity index (χ0n) is 11.0. The van der Waals surface area contributed by atoms with Gasteiger partial charge in [-0.3, -0.25) is 0 Å². The van der Waals surface area contributed by atoms with E-state index in [2.05, 4.69) is 22.0 Å². The highest BCUT2D eigenvalue weighted by Crippen LogP contribution is 2.29. The zero-order chi connectivity index (χ0) is 14.5. The van der Waals surface area contributed by atoms with E-state index in [1.807, 2.05) is 30.3 Å². The van der Waals surface area contributed by atoms with E-state index >= 15 is 0 Å². The molecule has 1 atom stereocenters. The van der Waals surface area contributed by atoms with Crippen molar-refractivity contribution < 1.29 is 9.84 Å². The lowest BCUT2D eigenvalue weighted by molar-refractivity contribution is 0.190. The molecule has 0 amide bonds. The van der Waals surface area contributed by atoms with Gasteiger partial charge in [0.1, 0.15) is 12.4 Å². The van der Waals surface area contributed by atoms with Gasteiger partial charge in [-0.2, -0.15) is 5.26 Å². The molecule has 1 N–H and O–H groups in total. The van der Waals surface area contributed by atoms with Crippen LogP contribution in [-0.2, 0) is 6.61 Å². The van der Waals surface area contributed by atoms with Crippen LogP contribution in [0.4, 0.5) is 0 Å².